The molecule has 2 N–H and O–H groups in total. The number of ether oxygens (including phenoxy) is 1. The summed E-state index contributed by atoms with van der Waals surface area (Å²) in [6.07, 6.45) is 3.19. The lowest BCUT2D eigenvalue weighted by Crippen LogP contribution is -2.43. The number of rotatable bonds is 10. The average molecular weight is 322 g/mol. The van der Waals surface area contributed by atoms with Crippen LogP contribution in [0.25, 0.3) is 0 Å². The van der Waals surface area contributed by atoms with Crippen molar-refractivity contribution in [3.8, 4) is 0 Å². The third-order valence-corrected chi connectivity index (χ3v) is 4.95. The summed E-state index contributed by atoms with van der Waals surface area (Å²) in [5.74, 6) is -1.66. The highest BCUT2D eigenvalue weighted by atomic mass is 32.2. The van der Waals surface area contributed by atoms with E-state index >= 15 is 0 Å². The van der Waals surface area contributed by atoms with Gasteiger partial charge in [0.05, 0.1) is 0 Å². The third kappa shape index (κ3) is 6.72. The minimum Gasteiger partial charge on any atom is -0.481 e. The summed E-state index contributed by atoms with van der Waals surface area (Å²) in [7, 11) is -4.44. The van der Waals surface area contributed by atoms with Crippen LogP contribution in [-0.4, -0.2) is 41.4 Å². The van der Waals surface area contributed by atoms with Gasteiger partial charge in [0.1, 0.15) is 11.4 Å². The molecule has 8 heteroatoms. The van der Waals surface area contributed by atoms with Crippen LogP contribution in [0.4, 0.5) is 0 Å². The molecule has 0 aliphatic rings. The largest absolute Gasteiger partial charge is 0.481 e. The molecule has 0 fully saturated rings. The van der Waals surface area contributed by atoms with Crippen LogP contribution < -0.4 is 0 Å². The molecule has 0 heterocycles. The van der Waals surface area contributed by atoms with E-state index in [9.17, 15) is 22.6 Å². The highest BCUT2D eigenvalue weighted by Crippen LogP contribution is 2.28. The van der Waals surface area contributed by atoms with Crippen LogP contribution in [-0.2, 0) is 24.4 Å². The Balaban J connectivity index is 4.85. The van der Waals surface area contributed by atoms with Gasteiger partial charge in [0.15, 0.2) is 0 Å². The monoisotopic (exact) mass is 322 g/mol. The second kappa shape index (κ2) is 8.78. The van der Waals surface area contributed by atoms with Gasteiger partial charge in [-0.25, -0.2) is 4.79 Å². The van der Waals surface area contributed by atoms with Crippen LogP contribution >= 0.6 is 0 Å². The van der Waals surface area contributed by atoms with Crippen LogP contribution in [0.2, 0.25) is 0 Å². The lowest BCUT2D eigenvalue weighted by molar-refractivity contribution is -0.139. The zero-order valence-electron chi connectivity index (χ0n) is 12.2. The maximum absolute atomic E-state index is 11.6. The molecule has 1 atom stereocenters. The van der Waals surface area contributed by atoms with Crippen molar-refractivity contribution in [1.29, 1.82) is 0 Å². The molecule has 122 valence electrons. The molecule has 0 aromatic carbocycles. The lowest BCUT2D eigenvalue weighted by Gasteiger charge is -2.28. The Labute approximate surface area is 124 Å². The van der Waals surface area contributed by atoms with E-state index in [0.29, 0.717) is 6.42 Å². The van der Waals surface area contributed by atoms with Gasteiger partial charge < -0.3 is 9.84 Å². The molecule has 0 spiro atoms. The number of carbonyl (C=O) groups is 2. The fourth-order valence-corrected chi connectivity index (χ4v) is 2.82. The van der Waals surface area contributed by atoms with E-state index in [1.807, 2.05) is 0 Å². The maximum atomic E-state index is 11.6. The Morgan fingerprint density at radius 2 is 1.90 bits per heavy atom. The van der Waals surface area contributed by atoms with E-state index in [0.717, 1.165) is 6.08 Å². The topological polar surface area (TPSA) is 118 Å². The van der Waals surface area contributed by atoms with E-state index in [1.165, 1.54) is 6.08 Å². The van der Waals surface area contributed by atoms with Crippen LogP contribution in [0.1, 0.15) is 46.0 Å². The molecule has 21 heavy (non-hydrogen) atoms. The van der Waals surface area contributed by atoms with Crippen molar-refractivity contribution in [2.75, 3.05) is 6.61 Å². The maximum Gasteiger partial charge on any atom is 0.330 e. The van der Waals surface area contributed by atoms with E-state index in [-0.39, 0.29) is 25.7 Å². The molecule has 0 amide bonds. The molecule has 1 unspecified atom stereocenters. The zero-order valence-corrected chi connectivity index (χ0v) is 13.1. The first-order chi connectivity index (χ1) is 9.68. The predicted octanol–water partition coefficient (Wildman–Crippen LogP) is 1.79. The highest BCUT2D eigenvalue weighted by Gasteiger charge is 2.42. The molecule has 7 nitrogen and oxygen atoms in total. The summed E-state index contributed by atoms with van der Waals surface area (Å²) in [5, 5.41) is 8.55. The number of aliphatic carboxylic acids is 1. The summed E-state index contributed by atoms with van der Waals surface area (Å²) in [6.45, 7) is 2.72. The molecule has 0 aromatic rings. The summed E-state index contributed by atoms with van der Waals surface area (Å²) >= 11 is 0. The van der Waals surface area contributed by atoms with Crippen molar-refractivity contribution in [2.24, 2.45) is 0 Å². The second-order valence-electron chi connectivity index (χ2n) is 4.72. The Hall–Kier alpha value is -1.41. The fraction of sp³-hybridized carbons (Fsp3) is 0.692. The summed E-state index contributed by atoms with van der Waals surface area (Å²) in [4.78, 5) is 21.7. The van der Waals surface area contributed by atoms with Crippen molar-refractivity contribution in [3.63, 3.8) is 0 Å². The average Bonchev–Trinajstić information content (AvgIpc) is 2.36. The number of carboxylic acid groups (broad SMARTS) is 1. The molecular formula is C13H22O7S. The molecule has 0 radical (unpaired) electrons. The number of hydrogen-bond acceptors (Lipinski definition) is 5. The van der Waals surface area contributed by atoms with Crippen molar-refractivity contribution >= 4 is 22.1 Å². The van der Waals surface area contributed by atoms with E-state index in [1.54, 1.807) is 13.8 Å². The van der Waals surface area contributed by atoms with Crippen molar-refractivity contribution in [2.45, 2.75) is 50.7 Å². The molecule has 0 aliphatic heterocycles. The van der Waals surface area contributed by atoms with Gasteiger partial charge in [-0.3, -0.25) is 9.35 Å². The first-order valence-electron chi connectivity index (χ1n) is 6.67. The predicted molar refractivity (Wildman–Crippen MR) is 76.4 cm³/mol. The van der Waals surface area contributed by atoms with Gasteiger partial charge in [-0.2, -0.15) is 8.42 Å². The van der Waals surface area contributed by atoms with E-state index < -0.39 is 33.4 Å². The van der Waals surface area contributed by atoms with E-state index in [4.69, 9.17) is 9.84 Å². The number of carbonyl (C=O) groups excluding carboxylic acids is 1. The van der Waals surface area contributed by atoms with Gasteiger partial charge in [0.25, 0.3) is 10.1 Å². The number of esters is 1. The van der Waals surface area contributed by atoms with Gasteiger partial charge >= 0.3 is 11.9 Å². The summed E-state index contributed by atoms with van der Waals surface area (Å²) in [6, 6.07) is 0. The Morgan fingerprint density at radius 1 is 1.29 bits per heavy atom. The summed E-state index contributed by atoms with van der Waals surface area (Å²) < 4.78 is 35.9. The molecule has 0 aliphatic carbocycles. The molecule has 0 aromatic heterocycles. The van der Waals surface area contributed by atoms with E-state index in [2.05, 4.69) is 0 Å². The van der Waals surface area contributed by atoms with Crippen molar-refractivity contribution < 1.29 is 32.4 Å². The van der Waals surface area contributed by atoms with Gasteiger partial charge in [-0.15, -0.1) is 0 Å². The minimum atomic E-state index is -4.44. The highest BCUT2D eigenvalue weighted by molar-refractivity contribution is 7.87. The lowest BCUT2D eigenvalue weighted by atomic mass is 9.98. The van der Waals surface area contributed by atoms with Gasteiger partial charge in [-0.05, 0) is 26.2 Å². The summed E-state index contributed by atoms with van der Waals surface area (Å²) in [5.41, 5.74) is 0. The van der Waals surface area contributed by atoms with Crippen molar-refractivity contribution in [3.05, 3.63) is 12.2 Å². The van der Waals surface area contributed by atoms with Crippen molar-refractivity contribution in [1.82, 2.24) is 0 Å². The zero-order chi connectivity index (χ0) is 16.5. The first-order valence-corrected chi connectivity index (χ1v) is 8.11. The Bertz CT molecular complexity index is 481. The third-order valence-electron chi connectivity index (χ3n) is 3.24. The smallest absolute Gasteiger partial charge is 0.330 e. The number of allylic oxidation sites excluding steroid dienone is 1. The van der Waals surface area contributed by atoms with Crippen LogP contribution in [0.5, 0.6) is 0 Å². The Morgan fingerprint density at radius 3 is 2.33 bits per heavy atom. The molecule has 0 bridgehead atoms. The second-order valence-corrected chi connectivity index (χ2v) is 6.54. The van der Waals surface area contributed by atoms with Crippen LogP contribution in [0.15, 0.2) is 12.2 Å². The molecule has 0 rings (SSSR count). The van der Waals surface area contributed by atoms with Crippen LogP contribution in [0, 0.1) is 0 Å². The Kier molecular flexibility index (Phi) is 8.19. The van der Waals surface area contributed by atoms with Gasteiger partial charge in [-0.1, -0.05) is 19.4 Å². The first kappa shape index (κ1) is 19.6. The van der Waals surface area contributed by atoms with Crippen LogP contribution in [0.3, 0.4) is 0 Å². The number of carboxylic acids is 1. The van der Waals surface area contributed by atoms with Gasteiger partial charge in [0, 0.05) is 12.5 Å². The standard InChI is InChI=1S/C13H22O7S/c1-3-7-12(16)20-10-13(4-2,21(17,18)19)9-6-5-8-11(14)15/h3,7H,4-6,8-10H2,1-2H3,(H,14,15)(H,17,18,19). The molecule has 0 saturated carbocycles. The SMILES string of the molecule is CC=CC(=O)OCC(CC)(CCCCC(=O)O)S(=O)(=O)O. The number of hydrogen-bond donors (Lipinski definition) is 2. The van der Waals surface area contributed by atoms with Gasteiger partial charge in [0.2, 0.25) is 0 Å². The fourth-order valence-electron chi connectivity index (χ4n) is 1.85. The molecular weight excluding hydrogens is 300 g/mol. The molecule has 0 saturated heterocycles. The quantitative estimate of drug-likeness (QED) is 0.272. The minimum absolute atomic E-state index is 0.0265. The normalized spacial score (nSPS) is 14.8. The number of unbranched alkanes of at least 4 members (excludes halogenated alkanes) is 1.